The second-order valence-corrected chi connectivity index (χ2v) is 6.55. The Hall–Kier alpha value is -2.25. The van der Waals surface area contributed by atoms with Crippen molar-refractivity contribution in [1.29, 1.82) is 0 Å². The number of ether oxygens (including phenoxy) is 1. The molecule has 0 fully saturated rings. The van der Waals surface area contributed by atoms with Crippen LogP contribution in [0.15, 0.2) is 54.7 Å². The fourth-order valence-corrected chi connectivity index (χ4v) is 3.00. The zero-order valence-corrected chi connectivity index (χ0v) is 15.7. The lowest BCUT2D eigenvalue weighted by atomic mass is 10.1. The molecule has 7 heteroatoms. The number of hydrogen-bond donors (Lipinski definition) is 2. The van der Waals surface area contributed by atoms with E-state index < -0.39 is 6.10 Å². The van der Waals surface area contributed by atoms with Gasteiger partial charge < -0.3 is 15.2 Å². The minimum atomic E-state index is -0.592. The van der Waals surface area contributed by atoms with Gasteiger partial charge in [0.2, 0.25) is 0 Å². The second kappa shape index (κ2) is 9.10. The molecule has 2 N–H and O–H groups in total. The molecule has 27 heavy (non-hydrogen) atoms. The van der Waals surface area contributed by atoms with Gasteiger partial charge >= 0.3 is 0 Å². The molecule has 0 aliphatic rings. The average Bonchev–Trinajstić information content (AvgIpc) is 3.07. The summed E-state index contributed by atoms with van der Waals surface area (Å²) in [5.74, 6) is -0.300. The summed E-state index contributed by atoms with van der Waals surface area (Å²) in [4.78, 5) is 0. The van der Waals surface area contributed by atoms with Gasteiger partial charge in [0.05, 0.1) is 29.1 Å². The van der Waals surface area contributed by atoms with E-state index in [1.54, 1.807) is 23.9 Å². The van der Waals surface area contributed by atoms with Crippen LogP contribution in [0.2, 0.25) is 5.02 Å². The van der Waals surface area contributed by atoms with Crippen molar-refractivity contribution < 1.29 is 14.2 Å². The summed E-state index contributed by atoms with van der Waals surface area (Å²) in [5.41, 5.74) is 3.21. The van der Waals surface area contributed by atoms with Crippen LogP contribution in [-0.2, 0) is 11.3 Å². The molecule has 5 nitrogen and oxygen atoms in total. The normalized spacial score (nSPS) is 12.3. The summed E-state index contributed by atoms with van der Waals surface area (Å²) in [7, 11) is 1.55. The van der Waals surface area contributed by atoms with Crippen LogP contribution in [0.5, 0.6) is 0 Å². The first-order chi connectivity index (χ1) is 13.1. The topological polar surface area (TPSA) is 59.3 Å². The van der Waals surface area contributed by atoms with Crippen LogP contribution in [0.4, 0.5) is 4.39 Å². The monoisotopic (exact) mass is 389 g/mol. The molecule has 0 radical (unpaired) electrons. The van der Waals surface area contributed by atoms with Gasteiger partial charge in [0.1, 0.15) is 5.82 Å². The zero-order valence-electron chi connectivity index (χ0n) is 14.9. The van der Waals surface area contributed by atoms with Crippen molar-refractivity contribution in [3.8, 4) is 16.9 Å². The van der Waals surface area contributed by atoms with Crippen molar-refractivity contribution in [3.05, 3.63) is 71.1 Å². The van der Waals surface area contributed by atoms with Crippen molar-refractivity contribution in [2.45, 2.75) is 12.6 Å². The number of hydrogen-bond acceptors (Lipinski definition) is 4. The maximum Gasteiger partial charge on any atom is 0.123 e. The fraction of sp³-hybridized carbons (Fsp3) is 0.250. The van der Waals surface area contributed by atoms with Gasteiger partial charge in [-0.15, -0.1) is 0 Å². The third kappa shape index (κ3) is 4.93. The molecule has 2 aromatic carbocycles. The highest BCUT2D eigenvalue weighted by Gasteiger charge is 2.15. The highest BCUT2D eigenvalue weighted by Crippen LogP contribution is 2.30. The van der Waals surface area contributed by atoms with Crippen molar-refractivity contribution in [2.75, 3.05) is 20.3 Å². The third-order valence-corrected chi connectivity index (χ3v) is 4.39. The molecule has 0 spiro atoms. The first kappa shape index (κ1) is 19.5. The Morgan fingerprint density at radius 1 is 1.22 bits per heavy atom. The summed E-state index contributed by atoms with van der Waals surface area (Å²) in [6, 6.07) is 13.6. The van der Waals surface area contributed by atoms with Crippen LogP contribution in [0.25, 0.3) is 16.9 Å². The molecule has 0 aliphatic heterocycles. The van der Waals surface area contributed by atoms with Gasteiger partial charge in [-0.2, -0.15) is 5.10 Å². The van der Waals surface area contributed by atoms with Gasteiger partial charge in [0, 0.05) is 37.5 Å². The third-order valence-electron chi connectivity index (χ3n) is 4.06. The van der Waals surface area contributed by atoms with Crippen molar-refractivity contribution in [1.82, 2.24) is 15.1 Å². The second-order valence-electron chi connectivity index (χ2n) is 6.14. The Labute approximate surface area is 162 Å². The largest absolute Gasteiger partial charge is 0.389 e. The number of nitrogens with zero attached hydrogens (tertiary/aromatic N) is 2. The van der Waals surface area contributed by atoms with E-state index in [2.05, 4.69) is 10.4 Å². The Kier molecular flexibility index (Phi) is 6.58. The minimum absolute atomic E-state index is 0.263. The maximum absolute atomic E-state index is 13.2. The maximum atomic E-state index is 13.2. The highest BCUT2D eigenvalue weighted by atomic mass is 35.5. The number of aliphatic hydroxyl groups excluding tert-OH is 1. The minimum Gasteiger partial charge on any atom is -0.389 e. The van der Waals surface area contributed by atoms with Gasteiger partial charge in [0.15, 0.2) is 0 Å². The van der Waals surface area contributed by atoms with Crippen LogP contribution in [-0.4, -0.2) is 41.3 Å². The van der Waals surface area contributed by atoms with Crippen LogP contribution in [0.3, 0.4) is 0 Å². The molecule has 1 heterocycles. The molecule has 3 rings (SSSR count). The van der Waals surface area contributed by atoms with E-state index in [1.807, 2.05) is 30.5 Å². The summed E-state index contributed by atoms with van der Waals surface area (Å²) in [6.45, 7) is 1.14. The quantitative estimate of drug-likeness (QED) is 0.619. The van der Waals surface area contributed by atoms with Crippen molar-refractivity contribution in [3.63, 3.8) is 0 Å². The van der Waals surface area contributed by atoms with E-state index in [4.69, 9.17) is 16.3 Å². The smallest absolute Gasteiger partial charge is 0.123 e. The molecule has 0 saturated heterocycles. The van der Waals surface area contributed by atoms with Crippen LogP contribution >= 0.6 is 11.6 Å². The lowest BCUT2D eigenvalue weighted by Crippen LogP contribution is -2.29. The Morgan fingerprint density at radius 3 is 2.67 bits per heavy atom. The molecule has 142 valence electrons. The van der Waals surface area contributed by atoms with E-state index in [0.29, 0.717) is 18.1 Å². The SMILES string of the molecule is COCC(O)CNCc1cn(-c2ccc(F)cc2)nc1-c1ccccc1Cl. The summed E-state index contributed by atoms with van der Waals surface area (Å²) in [6.07, 6.45) is 1.28. The highest BCUT2D eigenvalue weighted by molar-refractivity contribution is 6.33. The van der Waals surface area contributed by atoms with E-state index in [1.165, 1.54) is 12.1 Å². The van der Waals surface area contributed by atoms with Crippen LogP contribution in [0, 0.1) is 5.82 Å². The van der Waals surface area contributed by atoms with Crippen molar-refractivity contribution in [2.24, 2.45) is 0 Å². The van der Waals surface area contributed by atoms with E-state index in [-0.39, 0.29) is 12.4 Å². The van der Waals surface area contributed by atoms with Gasteiger partial charge in [0.25, 0.3) is 0 Å². The lowest BCUT2D eigenvalue weighted by Gasteiger charge is -2.10. The Balaban J connectivity index is 1.89. The number of nitrogens with one attached hydrogen (secondary N) is 1. The number of methoxy groups -OCH3 is 1. The van der Waals surface area contributed by atoms with Crippen molar-refractivity contribution >= 4 is 11.6 Å². The molecule has 1 unspecified atom stereocenters. The summed E-state index contributed by atoms with van der Waals surface area (Å²) < 4.78 is 19.8. The van der Waals surface area contributed by atoms with Gasteiger partial charge in [-0.1, -0.05) is 29.8 Å². The predicted molar refractivity (Wildman–Crippen MR) is 104 cm³/mol. The molecular weight excluding hydrogens is 369 g/mol. The molecule has 1 aromatic heterocycles. The Bertz CT molecular complexity index is 883. The van der Waals surface area contributed by atoms with Gasteiger partial charge in [-0.05, 0) is 30.3 Å². The number of aliphatic hydroxyl groups is 1. The number of benzene rings is 2. The number of aromatic nitrogens is 2. The molecule has 0 amide bonds. The Morgan fingerprint density at radius 2 is 1.96 bits per heavy atom. The summed E-state index contributed by atoms with van der Waals surface area (Å²) >= 11 is 6.36. The first-order valence-electron chi connectivity index (χ1n) is 8.55. The van der Waals surface area contributed by atoms with Crippen LogP contribution < -0.4 is 5.32 Å². The van der Waals surface area contributed by atoms with Gasteiger partial charge in [-0.3, -0.25) is 0 Å². The molecular formula is C20H21ClFN3O2. The average molecular weight is 390 g/mol. The molecule has 1 atom stereocenters. The first-order valence-corrected chi connectivity index (χ1v) is 8.93. The number of halogens is 2. The van der Waals surface area contributed by atoms with Crippen LogP contribution in [0.1, 0.15) is 5.56 Å². The van der Waals surface area contributed by atoms with E-state index >= 15 is 0 Å². The standard InChI is InChI=1S/C20H21ClFN3O2/c1-27-13-17(26)11-23-10-14-12-25(16-8-6-15(22)7-9-16)24-20(14)18-4-2-3-5-19(18)21/h2-9,12,17,23,26H,10-11,13H2,1H3. The zero-order chi connectivity index (χ0) is 19.2. The molecule has 0 aliphatic carbocycles. The van der Waals surface area contributed by atoms with E-state index in [0.717, 1.165) is 22.5 Å². The summed E-state index contributed by atoms with van der Waals surface area (Å²) in [5, 5.41) is 18.3. The molecule has 0 saturated carbocycles. The number of rotatable bonds is 8. The molecule has 3 aromatic rings. The lowest BCUT2D eigenvalue weighted by molar-refractivity contribution is 0.0644. The predicted octanol–water partition coefficient (Wildman–Crippen LogP) is 3.43. The van der Waals surface area contributed by atoms with E-state index in [9.17, 15) is 9.50 Å². The van der Waals surface area contributed by atoms with Gasteiger partial charge in [-0.25, -0.2) is 9.07 Å². The molecule has 0 bridgehead atoms. The fourth-order valence-electron chi connectivity index (χ4n) is 2.77.